The first kappa shape index (κ1) is 15.7. The van der Waals surface area contributed by atoms with E-state index in [-0.39, 0.29) is 0 Å². The molecule has 0 amide bonds. The summed E-state index contributed by atoms with van der Waals surface area (Å²) in [5, 5.41) is 13.0. The molecule has 7 heteroatoms. The van der Waals surface area contributed by atoms with Gasteiger partial charge >= 0.3 is 0 Å². The van der Waals surface area contributed by atoms with Gasteiger partial charge in [-0.05, 0) is 30.3 Å². The molecule has 0 bridgehead atoms. The molecule has 0 aliphatic heterocycles. The summed E-state index contributed by atoms with van der Waals surface area (Å²) < 4.78 is 5.21. The first-order valence-corrected chi connectivity index (χ1v) is 9.71. The van der Waals surface area contributed by atoms with Crippen LogP contribution in [0.25, 0.3) is 43.1 Å². The van der Waals surface area contributed by atoms with Gasteiger partial charge in [-0.15, -0.1) is 10.2 Å². The molecule has 0 atom stereocenters. The maximum Gasteiger partial charge on any atom is 0.150 e. The summed E-state index contributed by atoms with van der Waals surface area (Å²) in [4.78, 5) is 4.46. The molecule has 0 N–H and O–H groups in total. The van der Waals surface area contributed by atoms with Gasteiger partial charge in [0, 0.05) is 64.6 Å². The normalized spacial score (nSPS) is 11.7. The second kappa shape index (κ2) is 5.75. The van der Waals surface area contributed by atoms with Crippen LogP contribution < -0.4 is 0 Å². The lowest BCUT2D eigenvalue weighted by Crippen LogP contribution is -1.85. The lowest BCUT2D eigenvalue weighted by atomic mass is 10.2. The number of pyridine rings is 1. The molecule has 5 nitrogen and oxygen atoms in total. The van der Waals surface area contributed by atoms with E-state index in [1.165, 1.54) is 10.9 Å². The van der Waals surface area contributed by atoms with Crippen molar-refractivity contribution in [2.45, 2.75) is 0 Å². The van der Waals surface area contributed by atoms with Crippen molar-refractivity contribution in [2.24, 2.45) is 14.1 Å². The van der Waals surface area contributed by atoms with Gasteiger partial charge in [-0.25, -0.2) is 4.98 Å². The van der Waals surface area contributed by atoms with Gasteiger partial charge in [-0.1, -0.05) is 27.3 Å². The van der Waals surface area contributed by atoms with Gasteiger partial charge in [-0.3, -0.25) is 0 Å². The highest BCUT2D eigenvalue weighted by atomic mass is 79.9. The predicted octanol–water partition coefficient (Wildman–Crippen LogP) is 5.01. The molecule has 0 aliphatic carbocycles. The molecule has 0 aliphatic rings. The van der Waals surface area contributed by atoms with Crippen molar-refractivity contribution in [3.8, 4) is 21.1 Å². The predicted molar refractivity (Wildman–Crippen MR) is 109 cm³/mol. The standard InChI is InChI=1S/C19H14BrN5S/c1-24-9-15(13-8-11(20)5-6-16(13)24)19-23-22-18(26-19)14-10-25(2)17-12(14)4-3-7-21-17/h3-10H,1-2H3. The Bertz CT molecular complexity index is 1280. The van der Waals surface area contributed by atoms with Crippen molar-refractivity contribution in [3.63, 3.8) is 0 Å². The number of aromatic nitrogens is 5. The van der Waals surface area contributed by atoms with E-state index >= 15 is 0 Å². The van der Waals surface area contributed by atoms with Crippen LogP contribution in [0.4, 0.5) is 0 Å². The summed E-state index contributed by atoms with van der Waals surface area (Å²) in [5.74, 6) is 0. The fourth-order valence-corrected chi connectivity index (χ4v) is 4.61. The molecule has 0 saturated heterocycles. The summed E-state index contributed by atoms with van der Waals surface area (Å²) in [6.45, 7) is 0. The second-order valence-corrected chi connectivity index (χ2v) is 8.15. The number of halogens is 1. The minimum absolute atomic E-state index is 0.908. The number of benzene rings is 1. The second-order valence-electron chi connectivity index (χ2n) is 6.26. The molecule has 4 heterocycles. The van der Waals surface area contributed by atoms with Crippen LogP contribution in [-0.2, 0) is 14.1 Å². The van der Waals surface area contributed by atoms with E-state index in [1.54, 1.807) is 11.3 Å². The van der Waals surface area contributed by atoms with E-state index in [4.69, 9.17) is 0 Å². The molecule has 26 heavy (non-hydrogen) atoms. The van der Waals surface area contributed by atoms with Crippen molar-refractivity contribution in [1.82, 2.24) is 24.3 Å². The topological polar surface area (TPSA) is 48.5 Å². The molecule has 0 radical (unpaired) electrons. The van der Waals surface area contributed by atoms with Gasteiger partial charge in [0.1, 0.15) is 15.7 Å². The van der Waals surface area contributed by atoms with Gasteiger partial charge < -0.3 is 9.13 Å². The van der Waals surface area contributed by atoms with Crippen LogP contribution in [0.5, 0.6) is 0 Å². The third-order valence-electron chi connectivity index (χ3n) is 4.57. The molecule has 1 aromatic carbocycles. The molecule has 0 unspecified atom stereocenters. The zero-order valence-electron chi connectivity index (χ0n) is 14.1. The molecular weight excluding hydrogens is 410 g/mol. The van der Waals surface area contributed by atoms with Crippen molar-refractivity contribution in [1.29, 1.82) is 0 Å². The number of aryl methyl sites for hydroxylation is 2. The largest absolute Gasteiger partial charge is 0.350 e. The highest BCUT2D eigenvalue weighted by Gasteiger charge is 2.17. The Morgan fingerprint density at radius 1 is 0.923 bits per heavy atom. The van der Waals surface area contributed by atoms with Crippen molar-refractivity contribution in [3.05, 3.63) is 53.4 Å². The van der Waals surface area contributed by atoms with Gasteiger partial charge in [0.05, 0.1) is 0 Å². The highest BCUT2D eigenvalue weighted by molar-refractivity contribution is 9.10. The Kier molecular flexibility index (Phi) is 3.48. The number of hydrogen-bond donors (Lipinski definition) is 0. The zero-order valence-corrected chi connectivity index (χ0v) is 16.5. The number of nitrogens with zero attached hydrogens (tertiary/aromatic N) is 5. The van der Waals surface area contributed by atoms with Crippen molar-refractivity contribution >= 4 is 49.2 Å². The smallest absolute Gasteiger partial charge is 0.150 e. The fourth-order valence-electron chi connectivity index (χ4n) is 3.36. The SMILES string of the molecule is Cn1cc(-c2nnc(-c3cn(C)c4ncccc34)s2)c2cc(Br)ccc21. The van der Waals surface area contributed by atoms with Crippen molar-refractivity contribution in [2.75, 3.05) is 0 Å². The van der Waals surface area contributed by atoms with E-state index in [2.05, 4.69) is 79.4 Å². The van der Waals surface area contributed by atoms with Crippen LogP contribution in [0, 0.1) is 0 Å². The average molecular weight is 424 g/mol. The van der Waals surface area contributed by atoms with E-state index in [0.717, 1.165) is 36.6 Å². The Labute approximate surface area is 162 Å². The summed E-state index contributed by atoms with van der Waals surface area (Å²) in [6, 6.07) is 10.3. The van der Waals surface area contributed by atoms with Crippen LogP contribution in [0.2, 0.25) is 0 Å². The molecule has 5 rings (SSSR count). The van der Waals surface area contributed by atoms with Crippen LogP contribution in [-0.4, -0.2) is 24.3 Å². The fraction of sp³-hybridized carbons (Fsp3) is 0.105. The van der Waals surface area contributed by atoms with Gasteiger partial charge in [0.15, 0.2) is 0 Å². The quantitative estimate of drug-likeness (QED) is 0.400. The molecule has 4 aromatic heterocycles. The van der Waals surface area contributed by atoms with Crippen LogP contribution in [0.1, 0.15) is 0 Å². The Morgan fingerprint density at radius 2 is 1.65 bits per heavy atom. The van der Waals surface area contributed by atoms with E-state index in [9.17, 15) is 0 Å². The minimum Gasteiger partial charge on any atom is -0.350 e. The lowest BCUT2D eigenvalue weighted by Gasteiger charge is -1.96. The Morgan fingerprint density at radius 3 is 2.46 bits per heavy atom. The monoisotopic (exact) mass is 423 g/mol. The average Bonchev–Trinajstić information content (AvgIpc) is 3.32. The lowest BCUT2D eigenvalue weighted by molar-refractivity contribution is 0.948. The zero-order chi connectivity index (χ0) is 17.8. The molecule has 0 fully saturated rings. The highest BCUT2D eigenvalue weighted by Crippen LogP contribution is 2.38. The van der Waals surface area contributed by atoms with Crippen LogP contribution in [0.3, 0.4) is 0 Å². The Hall–Kier alpha value is -2.51. The van der Waals surface area contributed by atoms with E-state index in [0.29, 0.717) is 0 Å². The first-order chi connectivity index (χ1) is 12.6. The van der Waals surface area contributed by atoms with Crippen LogP contribution in [0.15, 0.2) is 53.4 Å². The van der Waals surface area contributed by atoms with E-state index in [1.807, 2.05) is 23.9 Å². The molecule has 0 saturated carbocycles. The first-order valence-electron chi connectivity index (χ1n) is 8.11. The number of fused-ring (bicyclic) bond motifs is 2. The molecular formula is C19H14BrN5S. The van der Waals surface area contributed by atoms with Crippen molar-refractivity contribution < 1.29 is 0 Å². The van der Waals surface area contributed by atoms with Gasteiger partial charge in [-0.2, -0.15) is 0 Å². The molecule has 128 valence electrons. The summed E-state index contributed by atoms with van der Waals surface area (Å²) in [6.07, 6.45) is 6.00. The van der Waals surface area contributed by atoms with Gasteiger partial charge in [0.25, 0.3) is 0 Å². The summed E-state index contributed by atoms with van der Waals surface area (Å²) >= 11 is 5.18. The van der Waals surface area contributed by atoms with Crippen LogP contribution >= 0.6 is 27.3 Å². The van der Waals surface area contributed by atoms with Gasteiger partial charge in [0.2, 0.25) is 0 Å². The third kappa shape index (κ3) is 2.31. The Balaban J connectivity index is 1.68. The summed E-state index contributed by atoms with van der Waals surface area (Å²) in [7, 11) is 4.06. The molecule has 0 spiro atoms. The third-order valence-corrected chi connectivity index (χ3v) is 6.05. The maximum atomic E-state index is 4.48. The van der Waals surface area contributed by atoms with E-state index < -0.39 is 0 Å². The minimum atomic E-state index is 0.908. The summed E-state index contributed by atoms with van der Waals surface area (Å²) in [5.41, 5.74) is 4.30. The number of rotatable bonds is 2. The molecule has 5 aromatic rings. The maximum absolute atomic E-state index is 4.48. The number of hydrogen-bond acceptors (Lipinski definition) is 4.